The number of nitrogens with zero attached hydrogens (tertiary/aromatic N) is 1. The lowest BCUT2D eigenvalue weighted by Gasteiger charge is -2.20. The Morgan fingerprint density at radius 1 is 1.14 bits per heavy atom. The molecule has 1 heterocycles. The van der Waals surface area contributed by atoms with E-state index in [-0.39, 0.29) is 11.9 Å². The average Bonchev–Trinajstić information content (AvgIpc) is 2.50. The lowest BCUT2D eigenvalue weighted by molar-refractivity contribution is 0.617. The first-order chi connectivity index (χ1) is 10.2. The summed E-state index contributed by atoms with van der Waals surface area (Å²) in [5.74, 6) is 5.34. The number of rotatable bonds is 3. The predicted molar refractivity (Wildman–Crippen MR) is 82.3 cm³/mol. The second-order valence-electron chi connectivity index (χ2n) is 4.71. The Kier molecular flexibility index (Phi) is 3.84. The van der Waals surface area contributed by atoms with Gasteiger partial charge in [-0.25, -0.2) is 9.82 Å². The van der Waals surface area contributed by atoms with E-state index in [1.54, 1.807) is 18.5 Å². The molecule has 0 aliphatic carbocycles. The molecule has 1 aromatic heterocycles. The number of hydrogen-bond acceptors (Lipinski definition) is 3. The van der Waals surface area contributed by atoms with Gasteiger partial charge in [0, 0.05) is 22.8 Å². The molecular weight excluding hydrogens is 289 g/mol. The van der Waals surface area contributed by atoms with E-state index in [9.17, 15) is 4.39 Å². The van der Waals surface area contributed by atoms with Gasteiger partial charge in [0.15, 0.2) is 0 Å². The molecule has 3 nitrogen and oxygen atoms in total. The molecule has 0 radical (unpaired) electrons. The van der Waals surface area contributed by atoms with Crippen molar-refractivity contribution in [1.82, 2.24) is 10.4 Å². The van der Waals surface area contributed by atoms with Crippen molar-refractivity contribution in [2.24, 2.45) is 5.84 Å². The van der Waals surface area contributed by atoms with Gasteiger partial charge in [-0.2, -0.15) is 0 Å². The summed E-state index contributed by atoms with van der Waals surface area (Å²) in [5.41, 5.74) is 4.41. The van der Waals surface area contributed by atoms with Crippen LogP contribution in [-0.4, -0.2) is 4.98 Å². The minimum Gasteiger partial charge on any atom is -0.271 e. The van der Waals surface area contributed by atoms with Crippen molar-refractivity contribution in [3.63, 3.8) is 0 Å². The van der Waals surface area contributed by atoms with Crippen LogP contribution in [0.1, 0.15) is 17.2 Å². The Morgan fingerprint density at radius 3 is 2.76 bits per heavy atom. The Morgan fingerprint density at radius 2 is 2.00 bits per heavy atom. The smallest absolute Gasteiger partial charge is 0.124 e. The molecule has 3 rings (SSSR count). The molecule has 3 aromatic rings. The standard InChI is InChI=1S/C16H13ClFN3/c17-15-8-11(18)4-5-13(15)16(21-19)12-3-1-2-10-6-7-20-9-14(10)12/h1-9,16,21H,19H2. The lowest BCUT2D eigenvalue weighted by Crippen LogP contribution is -2.29. The van der Waals surface area contributed by atoms with Crippen molar-refractivity contribution >= 4 is 22.4 Å². The van der Waals surface area contributed by atoms with E-state index >= 15 is 0 Å². The van der Waals surface area contributed by atoms with Gasteiger partial charge in [0.25, 0.3) is 0 Å². The molecule has 0 aliphatic rings. The molecule has 21 heavy (non-hydrogen) atoms. The quantitative estimate of drug-likeness (QED) is 0.574. The summed E-state index contributed by atoms with van der Waals surface area (Å²) in [7, 11) is 0. The Labute approximate surface area is 126 Å². The number of hydrazine groups is 1. The molecule has 1 unspecified atom stereocenters. The molecule has 0 fully saturated rings. The highest BCUT2D eigenvalue weighted by molar-refractivity contribution is 6.31. The molecule has 0 amide bonds. The first-order valence-electron chi connectivity index (χ1n) is 6.44. The van der Waals surface area contributed by atoms with Gasteiger partial charge < -0.3 is 0 Å². The zero-order valence-corrected chi connectivity index (χ0v) is 11.8. The summed E-state index contributed by atoms with van der Waals surface area (Å²) in [6.45, 7) is 0. The largest absolute Gasteiger partial charge is 0.271 e. The molecule has 0 bridgehead atoms. The first kappa shape index (κ1) is 13.9. The maximum atomic E-state index is 13.2. The van der Waals surface area contributed by atoms with Gasteiger partial charge in [0.05, 0.1) is 6.04 Å². The molecule has 0 saturated heterocycles. The normalized spacial score (nSPS) is 12.5. The molecule has 0 spiro atoms. The molecular formula is C16H13ClFN3. The van der Waals surface area contributed by atoms with Crippen LogP contribution in [0.2, 0.25) is 5.02 Å². The molecule has 2 aromatic carbocycles. The summed E-state index contributed by atoms with van der Waals surface area (Å²) >= 11 is 6.15. The predicted octanol–water partition coefficient (Wildman–Crippen LogP) is 3.58. The van der Waals surface area contributed by atoms with E-state index in [1.807, 2.05) is 24.3 Å². The van der Waals surface area contributed by atoms with Crippen LogP contribution < -0.4 is 11.3 Å². The number of fused-ring (bicyclic) bond motifs is 1. The van der Waals surface area contributed by atoms with Gasteiger partial charge in [-0.1, -0.05) is 35.9 Å². The minimum absolute atomic E-state index is 0.332. The third-order valence-corrected chi connectivity index (χ3v) is 3.80. The highest BCUT2D eigenvalue weighted by Crippen LogP contribution is 2.32. The summed E-state index contributed by atoms with van der Waals surface area (Å²) < 4.78 is 13.2. The SMILES string of the molecule is NNC(c1ccc(F)cc1Cl)c1cccc2ccncc12. The fourth-order valence-electron chi connectivity index (χ4n) is 2.47. The van der Waals surface area contributed by atoms with Crippen LogP contribution in [0.3, 0.4) is 0 Å². The Hall–Kier alpha value is -2.01. The van der Waals surface area contributed by atoms with Crippen LogP contribution in [0.25, 0.3) is 10.8 Å². The van der Waals surface area contributed by atoms with Gasteiger partial charge in [-0.3, -0.25) is 10.8 Å². The zero-order valence-electron chi connectivity index (χ0n) is 11.1. The minimum atomic E-state index is -0.376. The third-order valence-electron chi connectivity index (χ3n) is 3.47. The van der Waals surface area contributed by atoms with Crippen LogP contribution in [-0.2, 0) is 0 Å². The first-order valence-corrected chi connectivity index (χ1v) is 6.82. The molecule has 1 atom stereocenters. The topological polar surface area (TPSA) is 50.9 Å². The molecule has 3 N–H and O–H groups in total. The van der Waals surface area contributed by atoms with E-state index in [1.165, 1.54) is 12.1 Å². The highest BCUT2D eigenvalue weighted by Gasteiger charge is 2.18. The second kappa shape index (κ2) is 5.77. The lowest BCUT2D eigenvalue weighted by atomic mass is 9.95. The number of aromatic nitrogens is 1. The van der Waals surface area contributed by atoms with Crippen molar-refractivity contribution in [3.8, 4) is 0 Å². The summed E-state index contributed by atoms with van der Waals surface area (Å²) in [4.78, 5) is 4.16. The average molecular weight is 302 g/mol. The van der Waals surface area contributed by atoms with Gasteiger partial charge in [-0.15, -0.1) is 0 Å². The number of nitrogens with one attached hydrogen (secondary N) is 1. The van der Waals surface area contributed by atoms with Crippen molar-refractivity contribution in [2.75, 3.05) is 0 Å². The van der Waals surface area contributed by atoms with Crippen LogP contribution in [0.15, 0.2) is 54.9 Å². The molecule has 0 aliphatic heterocycles. The summed E-state index contributed by atoms with van der Waals surface area (Å²) in [5, 5.41) is 2.36. The van der Waals surface area contributed by atoms with Crippen LogP contribution >= 0.6 is 11.6 Å². The van der Waals surface area contributed by atoms with Gasteiger partial charge >= 0.3 is 0 Å². The van der Waals surface area contributed by atoms with E-state index in [4.69, 9.17) is 17.4 Å². The van der Waals surface area contributed by atoms with E-state index < -0.39 is 0 Å². The Balaban J connectivity index is 2.18. The van der Waals surface area contributed by atoms with Crippen molar-refractivity contribution in [2.45, 2.75) is 6.04 Å². The van der Waals surface area contributed by atoms with Gasteiger partial charge in [0.2, 0.25) is 0 Å². The fourth-order valence-corrected chi connectivity index (χ4v) is 2.75. The van der Waals surface area contributed by atoms with Crippen molar-refractivity contribution in [1.29, 1.82) is 0 Å². The molecule has 0 saturated carbocycles. The maximum absolute atomic E-state index is 13.2. The van der Waals surface area contributed by atoms with E-state index in [0.717, 1.165) is 21.9 Å². The highest BCUT2D eigenvalue weighted by atomic mass is 35.5. The Bertz CT molecular complexity index is 786. The number of pyridine rings is 1. The summed E-state index contributed by atoms with van der Waals surface area (Å²) in [6, 6.07) is 11.8. The number of nitrogens with two attached hydrogens (primary N) is 1. The maximum Gasteiger partial charge on any atom is 0.124 e. The van der Waals surface area contributed by atoms with Crippen molar-refractivity contribution < 1.29 is 4.39 Å². The second-order valence-corrected chi connectivity index (χ2v) is 5.12. The van der Waals surface area contributed by atoms with Gasteiger partial charge in [0.1, 0.15) is 5.82 Å². The monoisotopic (exact) mass is 301 g/mol. The fraction of sp³-hybridized carbons (Fsp3) is 0.0625. The van der Waals surface area contributed by atoms with E-state index in [2.05, 4.69) is 10.4 Å². The molecule has 106 valence electrons. The zero-order chi connectivity index (χ0) is 14.8. The van der Waals surface area contributed by atoms with Crippen molar-refractivity contribution in [3.05, 3.63) is 76.8 Å². The number of halogens is 2. The van der Waals surface area contributed by atoms with Gasteiger partial charge in [-0.05, 0) is 34.7 Å². The number of hydrogen-bond donors (Lipinski definition) is 2. The third kappa shape index (κ3) is 2.61. The van der Waals surface area contributed by atoms with Crippen LogP contribution in [0, 0.1) is 5.82 Å². The summed E-state index contributed by atoms with van der Waals surface area (Å²) in [6.07, 6.45) is 3.52. The molecule has 5 heteroatoms. The van der Waals surface area contributed by atoms with Crippen LogP contribution in [0.4, 0.5) is 4.39 Å². The van der Waals surface area contributed by atoms with Crippen LogP contribution in [0.5, 0.6) is 0 Å². The van der Waals surface area contributed by atoms with E-state index in [0.29, 0.717) is 5.02 Å². The number of benzene rings is 2.